The van der Waals surface area contributed by atoms with Gasteiger partial charge in [0.2, 0.25) is 11.1 Å². The van der Waals surface area contributed by atoms with Gasteiger partial charge in [0, 0.05) is 16.5 Å². The summed E-state index contributed by atoms with van der Waals surface area (Å²) in [6.45, 7) is 6.77. The third-order valence-corrected chi connectivity index (χ3v) is 7.03. The Labute approximate surface area is 226 Å². The topological polar surface area (TPSA) is 87.5 Å². The third-order valence-electron chi connectivity index (χ3n) is 5.77. The fraction of sp³-hybridized carbons (Fsp3) is 0.370. The molecule has 4 rings (SSSR count). The standard InChI is InChI=1S/C27H31ClN4O4S/c1-5-13-35-21-12-11-18(15-22(21)34-4)24-23(25(33)36-14-6-2)17(3)29-26-30-27(31-32(24)26)37-16-19-9-7-8-10-20(19)28/h7-12,15,24H,5-6,13-14,16H2,1-4H3,(H,29,30,31). The molecule has 1 aliphatic heterocycles. The zero-order chi connectivity index (χ0) is 26.4. The second kappa shape index (κ2) is 12.4. The summed E-state index contributed by atoms with van der Waals surface area (Å²) < 4.78 is 18.7. The lowest BCUT2D eigenvalue weighted by Crippen LogP contribution is -2.29. The molecule has 0 fully saturated rings. The van der Waals surface area contributed by atoms with Gasteiger partial charge in [0.15, 0.2) is 11.5 Å². The number of hydrogen-bond donors (Lipinski definition) is 1. The van der Waals surface area contributed by atoms with Crippen LogP contribution in [0, 0.1) is 0 Å². The maximum atomic E-state index is 13.2. The van der Waals surface area contributed by atoms with E-state index in [1.165, 1.54) is 11.8 Å². The molecule has 1 atom stereocenters. The Morgan fingerprint density at radius 1 is 1.14 bits per heavy atom. The van der Waals surface area contributed by atoms with Gasteiger partial charge in [-0.05, 0) is 49.1 Å². The highest BCUT2D eigenvalue weighted by atomic mass is 35.5. The average molecular weight is 543 g/mol. The molecule has 1 N–H and O–H groups in total. The summed E-state index contributed by atoms with van der Waals surface area (Å²) in [5, 5.41) is 9.28. The van der Waals surface area contributed by atoms with Crippen molar-refractivity contribution >= 4 is 35.3 Å². The molecule has 0 amide bonds. The fourth-order valence-electron chi connectivity index (χ4n) is 3.98. The molecule has 1 aromatic heterocycles. The van der Waals surface area contributed by atoms with Gasteiger partial charge in [-0.15, -0.1) is 5.10 Å². The number of carbonyl (C=O) groups is 1. The molecule has 0 radical (unpaired) electrons. The van der Waals surface area contributed by atoms with E-state index in [9.17, 15) is 4.79 Å². The van der Waals surface area contributed by atoms with Gasteiger partial charge in [0.1, 0.15) is 6.04 Å². The Bertz CT molecular complexity index is 1290. The summed E-state index contributed by atoms with van der Waals surface area (Å²) in [5.41, 5.74) is 2.94. The van der Waals surface area contributed by atoms with Gasteiger partial charge in [-0.2, -0.15) is 4.98 Å². The number of rotatable bonds is 11. The fourth-order valence-corrected chi connectivity index (χ4v) is 5.10. The minimum atomic E-state index is -0.558. The molecule has 10 heteroatoms. The minimum absolute atomic E-state index is 0.332. The zero-order valence-electron chi connectivity index (χ0n) is 21.4. The number of nitrogens with one attached hydrogen (secondary N) is 1. The van der Waals surface area contributed by atoms with E-state index < -0.39 is 12.0 Å². The van der Waals surface area contributed by atoms with Crippen molar-refractivity contribution in [3.05, 3.63) is 69.9 Å². The number of hydrogen-bond acceptors (Lipinski definition) is 8. The monoisotopic (exact) mass is 542 g/mol. The first-order valence-electron chi connectivity index (χ1n) is 12.2. The summed E-state index contributed by atoms with van der Waals surface area (Å²) in [7, 11) is 1.60. The van der Waals surface area contributed by atoms with Gasteiger partial charge in [0.25, 0.3) is 0 Å². The number of aromatic nitrogens is 3. The first-order chi connectivity index (χ1) is 18.0. The summed E-state index contributed by atoms with van der Waals surface area (Å²) >= 11 is 7.81. The molecule has 8 nitrogen and oxygen atoms in total. The third kappa shape index (κ3) is 6.05. The maximum Gasteiger partial charge on any atom is 0.338 e. The van der Waals surface area contributed by atoms with Crippen molar-refractivity contribution in [2.24, 2.45) is 0 Å². The van der Waals surface area contributed by atoms with Crippen LogP contribution in [0.3, 0.4) is 0 Å². The Hall–Kier alpha value is -3.17. The van der Waals surface area contributed by atoms with Crippen LogP contribution in [0.5, 0.6) is 11.5 Å². The Morgan fingerprint density at radius 3 is 2.65 bits per heavy atom. The number of carbonyl (C=O) groups excluding carboxylic acids is 1. The van der Waals surface area contributed by atoms with Crippen molar-refractivity contribution < 1.29 is 19.0 Å². The number of anilines is 1. The van der Waals surface area contributed by atoms with Crippen LogP contribution in [-0.2, 0) is 15.3 Å². The van der Waals surface area contributed by atoms with Crippen LogP contribution in [0.4, 0.5) is 5.95 Å². The van der Waals surface area contributed by atoms with E-state index in [4.69, 9.17) is 35.9 Å². The van der Waals surface area contributed by atoms with Gasteiger partial charge in [-0.1, -0.05) is 61.5 Å². The summed E-state index contributed by atoms with van der Waals surface area (Å²) in [5.74, 6) is 1.99. The molecule has 0 saturated carbocycles. The van der Waals surface area contributed by atoms with Crippen LogP contribution in [-0.4, -0.2) is 41.1 Å². The summed E-state index contributed by atoms with van der Waals surface area (Å²) in [6, 6.07) is 12.8. The number of methoxy groups -OCH3 is 1. The van der Waals surface area contributed by atoms with Crippen molar-refractivity contribution in [1.82, 2.24) is 14.8 Å². The van der Waals surface area contributed by atoms with Gasteiger partial charge < -0.3 is 19.5 Å². The van der Waals surface area contributed by atoms with Crippen LogP contribution in [0.1, 0.15) is 50.8 Å². The number of thioether (sulfide) groups is 1. The van der Waals surface area contributed by atoms with Crippen LogP contribution >= 0.6 is 23.4 Å². The molecule has 0 spiro atoms. The zero-order valence-corrected chi connectivity index (χ0v) is 23.0. The quantitative estimate of drug-likeness (QED) is 0.224. The molecule has 0 saturated heterocycles. The molecule has 3 aromatic rings. The molecular formula is C27H31ClN4O4S. The summed E-state index contributed by atoms with van der Waals surface area (Å²) in [4.78, 5) is 17.9. The van der Waals surface area contributed by atoms with Gasteiger partial charge in [-0.3, -0.25) is 0 Å². The predicted molar refractivity (Wildman–Crippen MR) is 146 cm³/mol. The van der Waals surface area contributed by atoms with E-state index in [1.54, 1.807) is 11.8 Å². The molecule has 2 heterocycles. The van der Waals surface area contributed by atoms with E-state index in [0.29, 0.717) is 57.9 Å². The molecule has 0 bridgehead atoms. The smallest absolute Gasteiger partial charge is 0.338 e. The lowest BCUT2D eigenvalue weighted by Gasteiger charge is -2.28. The van der Waals surface area contributed by atoms with Gasteiger partial charge in [0.05, 0.1) is 25.9 Å². The summed E-state index contributed by atoms with van der Waals surface area (Å²) in [6.07, 6.45) is 1.61. The van der Waals surface area contributed by atoms with Crippen molar-refractivity contribution in [2.75, 3.05) is 25.6 Å². The highest BCUT2D eigenvalue weighted by molar-refractivity contribution is 7.98. The van der Waals surface area contributed by atoms with Crippen LogP contribution in [0.15, 0.2) is 58.9 Å². The highest BCUT2D eigenvalue weighted by Crippen LogP contribution is 2.40. The molecule has 0 aliphatic carbocycles. The van der Waals surface area contributed by atoms with Gasteiger partial charge >= 0.3 is 5.97 Å². The number of nitrogens with zero attached hydrogens (tertiary/aromatic N) is 3. The lowest BCUT2D eigenvalue weighted by atomic mass is 9.95. The molecule has 2 aromatic carbocycles. The average Bonchev–Trinajstić information content (AvgIpc) is 3.31. The first-order valence-corrected chi connectivity index (χ1v) is 13.6. The van der Waals surface area contributed by atoms with Crippen molar-refractivity contribution in [2.45, 2.75) is 50.6 Å². The molecule has 196 valence electrons. The second-order valence-electron chi connectivity index (χ2n) is 8.50. The normalized spacial score (nSPS) is 14.7. The van der Waals surface area contributed by atoms with Crippen LogP contribution in [0.25, 0.3) is 0 Å². The Balaban J connectivity index is 1.72. The van der Waals surface area contributed by atoms with E-state index in [1.807, 2.05) is 63.2 Å². The molecule has 1 unspecified atom stereocenters. The molecule has 37 heavy (non-hydrogen) atoms. The van der Waals surface area contributed by atoms with E-state index in [-0.39, 0.29) is 0 Å². The number of benzene rings is 2. The van der Waals surface area contributed by atoms with Gasteiger partial charge in [-0.25, -0.2) is 9.48 Å². The number of esters is 1. The largest absolute Gasteiger partial charge is 0.493 e. The Morgan fingerprint density at radius 2 is 1.92 bits per heavy atom. The number of halogens is 1. The van der Waals surface area contributed by atoms with E-state index >= 15 is 0 Å². The van der Waals surface area contributed by atoms with Crippen molar-refractivity contribution in [1.29, 1.82) is 0 Å². The SMILES string of the molecule is CCCOC(=O)C1=C(C)Nc2nc(SCc3ccccc3Cl)nn2C1c1ccc(OCCC)c(OC)c1. The van der Waals surface area contributed by atoms with E-state index in [0.717, 1.165) is 24.0 Å². The Kier molecular flexibility index (Phi) is 9.00. The van der Waals surface area contributed by atoms with Crippen LogP contribution in [0.2, 0.25) is 5.02 Å². The number of allylic oxidation sites excluding steroid dienone is 1. The highest BCUT2D eigenvalue weighted by Gasteiger charge is 2.35. The second-order valence-corrected chi connectivity index (χ2v) is 9.85. The minimum Gasteiger partial charge on any atom is -0.493 e. The lowest BCUT2D eigenvalue weighted by molar-refractivity contribution is -0.139. The molecule has 1 aliphatic rings. The van der Waals surface area contributed by atoms with Crippen LogP contribution < -0.4 is 14.8 Å². The van der Waals surface area contributed by atoms with Crippen molar-refractivity contribution in [3.8, 4) is 11.5 Å². The number of fused-ring (bicyclic) bond motifs is 1. The maximum absolute atomic E-state index is 13.2. The van der Waals surface area contributed by atoms with Crippen molar-refractivity contribution in [3.63, 3.8) is 0 Å². The molecular weight excluding hydrogens is 512 g/mol. The van der Waals surface area contributed by atoms with E-state index in [2.05, 4.69) is 5.32 Å². The predicted octanol–water partition coefficient (Wildman–Crippen LogP) is 6.26. The number of ether oxygens (including phenoxy) is 3. The first kappa shape index (κ1) is 26.9.